The molecular weight excluding hydrogens is 326 g/mol. The SMILES string of the molecule is Cc1coc2ccc(C(=O)N/N=C/c3ccccc3[N+](=O)[O-])c(O)c12. The smallest absolute Gasteiger partial charge is 0.278 e. The van der Waals surface area contributed by atoms with Crippen LogP contribution in [0.25, 0.3) is 11.0 Å². The van der Waals surface area contributed by atoms with Gasteiger partial charge in [0, 0.05) is 6.07 Å². The van der Waals surface area contributed by atoms with Gasteiger partial charge in [0.05, 0.1) is 33.9 Å². The van der Waals surface area contributed by atoms with Crippen molar-refractivity contribution < 1.29 is 19.2 Å². The minimum atomic E-state index is -0.644. The molecule has 2 N–H and O–H groups in total. The number of carbonyl (C=O) groups is 1. The molecule has 8 nitrogen and oxygen atoms in total. The maximum atomic E-state index is 12.2. The number of benzene rings is 2. The zero-order chi connectivity index (χ0) is 18.0. The highest BCUT2D eigenvalue weighted by molar-refractivity contribution is 6.03. The molecule has 0 bridgehead atoms. The van der Waals surface area contributed by atoms with Crippen LogP contribution < -0.4 is 5.43 Å². The van der Waals surface area contributed by atoms with Crippen molar-refractivity contribution in [3.05, 3.63) is 69.5 Å². The zero-order valence-electron chi connectivity index (χ0n) is 13.1. The number of nitrogens with one attached hydrogen (secondary N) is 1. The summed E-state index contributed by atoms with van der Waals surface area (Å²) in [6, 6.07) is 8.99. The third-order valence-electron chi connectivity index (χ3n) is 3.64. The number of nitro benzene ring substituents is 1. The van der Waals surface area contributed by atoms with Gasteiger partial charge in [0.25, 0.3) is 11.6 Å². The summed E-state index contributed by atoms with van der Waals surface area (Å²) in [5.74, 6) is -0.850. The molecule has 0 spiro atoms. The van der Waals surface area contributed by atoms with E-state index in [2.05, 4.69) is 10.5 Å². The minimum Gasteiger partial charge on any atom is -0.506 e. The van der Waals surface area contributed by atoms with E-state index in [1.165, 1.54) is 36.7 Å². The number of hydrogen-bond donors (Lipinski definition) is 2. The van der Waals surface area contributed by atoms with Crippen LogP contribution >= 0.6 is 0 Å². The van der Waals surface area contributed by atoms with E-state index in [0.29, 0.717) is 16.5 Å². The summed E-state index contributed by atoms with van der Waals surface area (Å²) >= 11 is 0. The van der Waals surface area contributed by atoms with Crippen LogP contribution in [0.15, 0.2) is 52.2 Å². The molecule has 0 atom stereocenters. The molecule has 1 heterocycles. The Morgan fingerprint density at radius 3 is 2.84 bits per heavy atom. The van der Waals surface area contributed by atoms with Crippen LogP contribution in [0, 0.1) is 17.0 Å². The highest BCUT2D eigenvalue weighted by Gasteiger charge is 2.17. The number of carbonyl (C=O) groups excluding carboxylic acids is 1. The van der Waals surface area contributed by atoms with E-state index < -0.39 is 10.8 Å². The molecule has 3 rings (SSSR count). The number of amides is 1. The Labute approximate surface area is 141 Å². The van der Waals surface area contributed by atoms with E-state index in [9.17, 15) is 20.0 Å². The Balaban J connectivity index is 1.83. The molecule has 8 heteroatoms. The second kappa shape index (κ2) is 6.44. The Morgan fingerprint density at radius 1 is 1.32 bits per heavy atom. The first-order valence-corrected chi connectivity index (χ1v) is 7.25. The van der Waals surface area contributed by atoms with E-state index in [-0.39, 0.29) is 22.6 Å². The molecule has 0 aliphatic rings. The minimum absolute atomic E-state index is 0.0247. The fraction of sp³-hybridized carbons (Fsp3) is 0.0588. The summed E-state index contributed by atoms with van der Waals surface area (Å²) in [7, 11) is 0. The van der Waals surface area contributed by atoms with E-state index >= 15 is 0 Å². The normalized spacial score (nSPS) is 11.1. The van der Waals surface area contributed by atoms with Crippen molar-refractivity contribution in [2.24, 2.45) is 5.10 Å². The summed E-state index contributed by atoms with van der Waals surface area (Å²) in [4.78, 5) is 22.6. The van der Waals surface area contributed by atoms with Crippen LogP contribution in [0.2, 0.25) is 0 Å². The van der Waals surface area contributed by atoms with Crippen LogP contribution in [-0.4, -0.2) is 22.2 Å². The van der Waals surface area contributed by atoms with Gasteiger partial charge in [-0.25, -0.2) is 5.43 Å². The Bertz CT molecular complexity index is 1010. The molecule has 25 heavy (non-hydrogen) atoms. The first kappa shape index (κ1) is 16.2. The van der Waals surface area contributed by atoms with E-state index in [4.69, 9.17) is 4.42 Å². The maximum absolute atomic E-state index is 12.2. The first-order chi connectivity index (χ1) is 12.0. The number of rotatable bonds is 4. The van der Waals surface area contributed by atoms with Crippen molar-refractivity contribution in [2.75, 3.05) is 0 Å². The number of phenols is 1. The van der Waals surface area contributed by atoms with Crippen LogP contribution in [0.3, 0.4) is 0 Å². The van der Waals surface area contributed by atoms with Gasteiger partial charge in [-0.05, 0) is 30.7 Å². The van der Waals surface area contributed by atoms with Crippen LogP contribution in [0.4, 0.5) is 5.69 Å². The van der Waals surface area contributed by atoms with Gasteiger partial charge in [0.1, 0.15) is 11.3 Å². The lowest BCUT2D eigenvalue weighted by atomic mass is 10.1. The Hall–Kier alpha value is -3.68. The van der Waals surface area contributed by atoms with Crippen LogP contribution in [0.1, 0.15) is 21.5 Å². The quantitative estimate of drug-likeness (QED) is 0.430. The molecule has 0 saturated carbocycles. The number of phenolic OH excluding ortho intramolecular Hbond substituents is 1. The van der Waals surface area contributed by atoms with Gasteiger partial charge in [-0.1, -0.05) is 12.1 Å². The molecule has 0 aliphatic carbocycles. The lowest BCUT2D eigenvalue weighted by molar-refractivity contribution is -0.385. The predicted octanol–water partition coefficient (Wildman–Crippen LogP) is 3.12. The fourth-order valence-electron chi connectivity index (χ4n) is 2.43. The summed E-state index contributed by atoms with van der Waals surface area (Å²) in [5.41, 5.74) is 3.56. The summed E-state index contributed by atoms with van der Waals surface area (Å²) in [6.45, 7) is 1.75. The standard InChI is InChI=1S/C17H13N3O5/c1-10-9-25-14-7-6-12(16(21)15(10)14)17(22)19-18-8-11-4-2-3-5-13(11)20(23)24/h2-9,21H,1H3,(H,19,22)/b18-8+. The lowest BCUT2D eigenvalue weighted by Crippen LogP contribution is -2.17. The highest BCUT2D eigenvalue weighted by atomic mass is 16.6. The third-order valence-corrected chi connectivity index (χ3v) is 3.64. The number of fused-ring (bicyclic) bond motifs is 1. The average molecular weight is 339 g/mol. The second-order valence-corrected chi connectivity index (χ2v) is 5.27. The van der Waals surface area contributed by atoms with Crippen molar-refractivity contribution in [3.63, 3.8) is 0 Å². The second-order valence-electron chi connectivity index (χ2n) is 5.27. The number of aryl methyl sites for hydroxylation is 1. The number of nitro groups is 1. The molecule has 0 radical (unpaired) electrons. The number of aromatic hydroxyl groups is 1. The number of hydrogen-bond acceptors (Lipinski definition) is 6. The van der Waals surface area contributed by atoms with Gasteiger partial charge in [-0.3, -0.25) is 14.9 Å². The molecule has 0 fully saturated rings. The maximum Gasteiger partial charge on any atom is 0.278 e. The predicted molar refractivity (Wildman–Crippen MR) is 90.8 cm³/mol. The van der Waals surface area contributed by atoms with Gasteiger partial charge in [0.15, 0.2) is 0 Å². The van der Waals surface area contributed by atoms with Gasteiger partial charge in [0.2, 0.25) is 0 Å². The van der Waals surface area contributed by atoms with Crippen molar-refractivity contribution in [1.82, 2.24) is 5.43 Å². The summed E-state index contributed by atoms with van der Waals surface area (Å²) in [6.07, 6.45) is 2.66. The van der Waals surface area contributed by atoms with E-state index in [1.54, 1.807) is 19.1 Å². The molecule has 0 saturated heterocycles. The topological polar surface area (TPSA) is 118 Å². The largest absolute Gasteiger partial charge is 0.506 e. The average Bonchev–Trinajstić information content (AvgIpc) is 2.97. The molecule has 2 aromatic carbocycles. The number of para-hydroxylation sites is 1. The molecule has 0 unspecified atom stereocenters. The van der Waals surface area contributed by atoms with E-state index in [0.717, 1.165) is 0 Å². The molecule has 126 valence electrons. The Morgan fingerprint density at radius 2 is 2.08 bits per heavy atom. The van der Waals surface area contributed by atoms with Crippen molar-refractivity contribution in [3.8, 4) is 5.75 Å². The molecule has 3 aromatic rings. The summed E-state index contributed by atoms with van der Waals surface area (Å²) in [5, 5.41) is 25.4. The first-order valence-electron chi connectivity index (χ1n) is 7.25. The number of nitrogens with zero attached hydrogens (tertiary/aromatic N) is 2. The van der Waals surface area contributed by atoms with Gasteiger partial charge >= 0.3 is 0 Å². The van der Waals surface area contributed by atoms with Crippen LogP contribution in [0.5, 0.6) is 5.75 Å². The number of furan rings is 1. The molecule has 1 amide bonds. The highest BCUT2D eigenvalue weighted by Crippen LogP contribution is 2.32. The van der Waals surface area contributed by atoms with Crippen molar-refractivity contribution in [1.29, 1.82) is 0 Å². The monoisotopic (exact) mass is 339 g/mol. The lowest BCUT2D eigenvalue weighted by Gasteiger charge is -2.04. The molecule has 1 aromatic heterocycles. The number of hydrazone groups is 1. The summed E-state index contributed by atoms with van der Waals surface area (Å²) < 4.78 is 5.25. The van der Waals surface area contributed by atoms with Gasteiger partial charge in [-0.15, -0.1) is 0 Å². The fourth-order valence-corrected chi connectivity index (χ4v) is 2.43. The van der Waals surface area contributed by atoms with Gasteiger partial charge in [-0.2, -0.15) is 5.10 Å². The zero-order valence-corrected chi connectivity index (χ0v) is 13.1. The Kier molecular flexibility index (Phi) is 4.17. The molecule has 0 aliphatic heterocycles. The third kappa shape index (κ3) is 3.05. The van der Waals surface area contributed by atoms with Crippen LogP contribution in [-0.2, 0) is 0 Å². The van der Waals surface area contributed by atoms with Gasteiger partial charge < -0.3 is 9.52 Å². The molecular formula is C17H13N3O5. The van der Waals surface area contributed by atoms with Crippen molar-refractivity contribution in [2.45, 2.75) is 6.92 Å². The van der Waals surface area contributed by atoms with Crippen molar-refractivity contribution >= 4 is 28.8 Å². The van der Waals surface area contributed by atoms with E-state index in [1.807, 2.05) is 0 Å².